The van der Waals surface area contributed by atoms with Crippen LogP contribution in [0.3, 0.4) is 0 Å². The van der Waals surface area contributed by atoms with E-state index >= 15 is 0 Å². The van der Waals surface area contributed by atoms with Gasteiger partial charge in [0.25, 0.3) is 5.91 Å². The molecule has 25 heavy (non-hydrogen) atoms. The van der Waals surface area contributed by atoms with Crippen LogP contribution in [0.1, 0.15) is 21.5 Å². The molecule has 2 aromatic rings. The maximum absolute atomic E-state index is 12.4. The Morgan fingerprint density at radius 1 is 1.20 bits per heavy atom. The highest BCUT2D eigenvalue weighted by molar-refractivity contribution is 7.89. The lowest BCUT2D eigenvalue weighted by Crippen LogP contribution is -2.36. The number of carbonyl (C=O) groups is 1. The smallest absolute Gasteiger partial charge is 0.251 e. The zero-order valence-electron chi connectivity index (χ0n) is 14.1. The van der Waals surface area contributed by atoms with Crippen LogP contribution in [0, 0.1) is 18.3 Å². The Balaban J connectivity index is 1.95. The van der Waals surface area contributed by atoms with Crippen molar-refractivity contribution in [2.24, 2.45) is 0 Å². The van der Waals surface area contributed by atoms with Gasteiger partial charge in [-0.25, -0.2) is 8.42 Å². The number of nitrogens with zero attached hydrogens (tertiary/aromatic N) is 2. The van der Waals surface area contributed by atoms with Gasteiger partial charge in [-0.1, -0.05) is 23.8 Å². The number of nitrogens with one attached hydrogen (secondary N) is 1. The summed E-state index contributed by atoms with van der Waals surface area (Å²) in [5, 5.41) is 11.5. The van der Waals surface area contributed by atoms with E-state index in [9.17, 15) is 13.2 Å². The molecule has 0 aliphatic heterocycles. The van der Waals surface area contributed by atoms with Crippen molar-refractivity contribution >= 4 is 15.9 Å². The van der Waals surface area contributed by atoms with Crippen molar-refractivity contribution in [2.45, 2.75) is 11.8 Å². The van der Waals surface area contributed by atoms with Crippen molar-refractivity contribution in [3.63, 3.8) is 0 Å². The minimum atomic E-state index is -3.59. The van der Waals surface area contributed by atoms with Gasteiger partial charge in [0.05, 0.1) is 16.5 Å². The van der Waals surface area contributed by atoms with Crippen LogP contribution in [0.15, 0.2) is 53.4 Å². The lowest BCUT2D eigenvalue weighted by atomic mass is 10.1. The van der Waals surface area contributed by atoms with E-state index < -0.39 is 10.0 Å². The van der Waals surface area contributed by atoms with Gasteiger partial charge in [-0.15, -0.1) is 0 Å². The maximum Gasteiger partial charge on any atom is 0.251 e. The number of aryl methyl sites for hydroxylation is 1. The van der Waals surface area contributed by atoms with Gasteiger partial charge in [-0.05, 0) is 37.3 Å². The molecule has 6 nitrogen and oxygen atoms in total. The van der Waals surface area contributed by atoms with Crippen LogP contribution in [-0.4, -0.2) is 38.8 Å². The van der Waals surface area contributed by atoms with Gasteiger partial charge in [0, 0.05) is 25.7 Å². The molecule has 2 aromatic carbocycles. The van der Waals surface area contributed by atoms with Crippen molar-refractivity contribution in [3.05, 3.63) is 65.2 Å². The molecule has 0 fully saturated rings. The summed E-state index contributed by atoms with van der Waals surface area (Å²) in [6, 6.07) is 14.9. The van der Waals surface area contributed by atoms with Gasteiger partial charge in [0.2, 0.25) is 10.0 Å². The van der Waals surface area contributed by atoms with Gasteiger partial charge >= 0.3 is 0 Å². The fraction of sp³-hybridized carbons (Fsp3) is 0.222. The fourth-order valence-electron chi connectivity index (χ4n) is 2.17. The van der Waals surface area contributed by atoms with Crippen molar-refractivity contribution in [3.8, 4) is 6.07 Å². The van der Waals surface area contributed by atoms with E-state index in [4.69, 9.17) is 5.26 Å². The minimum Gasteiger partial charge on any atom is -0.351 e. The monoisotopic (exact) mass is 357 g/mol. The van der Waals surface area contributed by atoms with Crippen LogP contribution in [-0.2, 0) is 10.0 Å². The zero-order valence-corrected chi connectivity index (χ0v) is 14.9. The third-order valence-electron chi connectivity index (χ3n) is 3.70. The second-order valence-corrected chi connectivity index (χ2v) is 7.63. The van der Waals surface area contributed by atoms with Gasteiger partial charge in [0.15, 0.2) is 0 Å². The molecule has 0 aromatic heterocycles. The summed E-state index contributed by atoms with van der Waals surface area (Å²) in [5.74, 6) is -0.349. The normalized spacial score (nSPS) is 11.1. The third kappa shape index (κ3) is 4.66. The quantitative estimate of drug-likeness (QED) is 0.855. The Morgan fingerprint density at radius 3 is 2.52 bits per heavy atom. The third-order valence-corrected chi connectivity index (χ3v) is 5.57. The van der Waals surface area contributed by atoms with Crippen LogP contribution in [0.2, 0.25) is 0 Å². The number of rotatable bonds is 6. The number of benzene rings is 2. The van der Waals surface area contributed by atoms with E-state index in [1.807, 2.05) is 13.0 Å². The Morgan fingerprint density at radius 2 is 1.88 bits per heavy atom. The van der Waals surface area contributed by atoms with Crippen LogP contribution >= 0.6 is 0 Å². The first-order valence-electron chi connectivity index (χ1n) is 7.66. The van der Waals surface area contributed by atoms with Crippen molar-refractivity contribution in [1.82, 2.24) is 9.62 Å². The molecular weight excluding hydrogens is 338 g/mol. The molecule has 0 saturated heterocycles. The summed E-state index contributed by atoms with van der Waals surface area (Å²) in [6.45, 7) is 2.19. The highest BCUT2D eigenvalue weighted by Crippen LogP contribution is 2.14. The first-order valence-corrected chi connectivity index (χ1v) is 9.10. The molecule has 1 N–H and O–H groups in total. The molecule has 1 amide bonds. The highest BCUT2D eigenvalue weighted by atomic mass is 32.2. The highest BCUT2D eigenvalue weighted by Gasteiger charge is 2.20. The molecule has 0 spiro atoms. The van der Waals surface area contributed by atoms with Crippen molar-refractivity contribution < 1.29 is 13.2 Å². The largest absolute Gasteiger partial charge is 0.351 e. The molecule has 0 bridgehead atoms. The molecule has 0 heterocycles. The van der Waals surface area contributed by atoms with Crippen molar-refractivity contribution in [2.75, 3.05) is 20.1 Å². The molecule has 0 atom stereocenters. The van der Waals surface area contributed by atoms with E-state index in [1.54, 1.807) is 42.5 Å². The van der Waals surface area contributed by atoms with Gasteiger partial charge in [-0.2, -0.15) is 9.57 Å². The SMILES string of the molecule is Cc1ccc(S(=O)(=O)N(C)CCNC(=O)c2cccc(C#N)c2)cc1. The second-order valence-electron chi connectivity index (χ2n) is 5.59. The lowest BCUT2D eigenvalue weighted by molar-refractivity contribution is 0.0952. The number of carbonyl (C=O) groups excluding carboxylic acids is 1. The molecular formula is C18H19N3O3S. The summed E-state index contributed by atoms with van der Waals surface area (Å²) >= 11 is 0. The standard InChI is InChI=1S/C18H19N3O3S/c1-14-6-8-17(9-7-14)25(23,24)21(2)11-10-20-18(22)16-5-3-4-15(12-16)13-19/h3-9,12H,10-11H2,1-2H3,(H,20,22). The van der Waals surface area contributed by atoms with Gasteiger partial charge in [-0.3, -0.25) is 4.79 Å². The molecule has 0 unspecified atom stereocenters. The van der Waals surface area contributed by atoms with Gasteiger partial charge < -0.3 is 5.32 Å². The van der Waals surface area contributed by atoms with Crippen LogP contribution < -0.4 is 5.32 Å². The summed E-state index contributed by atoms with van der Waals surface area (Å²) in [5.41, 5.74) is 1.74. The molecule has 0 saturated carbocycles. The minimum absolute atomic E-state index is 0.139. The predicted octanol–water partition coefficient (Wildman–Crippen LogP) is 1.92. The van der Waals surface area contributed by atoms with Crippen LogP contribution in [0.5, 0.6) is 0 Å². The molecule has 0 radical (unpaired) electrons. The Labute approximate surface area is 147 Å². The summed E-state index contributed by atoms with van der Waals surface area (Å²) < 4.78 is 26.1. The van der Waals surface area contributed by atoms with E-state index in [0.717, 1.165) is 5.56 Å². The Kier molecular flexibility index (Phi) is 5.91. The molecule has 130 valence electrons. The van der Waals surface area contributed by atoms with Crippen LogP contribution in [0.25, 0.3) is 0 Å². The number of sulfonamides is 1. The molecule has 7 heteroatoms. The second kappa shape index (κ2) is 7.92. The molecule has 2 rings (SSSR count). The molecule has 0 aliphatic carbocycles. The number of hydrogen-bond acceptors (Lipinski definition) is 4. The predicted molar refractivity (Wildman–Crippen MR) is 94.5 cm³/mol. The van der Waals surface area contributed by atoms with Gasteiger partial charge in [0.1, 0.15) is 0 Å². The summed E-state index contributed by atoms with van der Waals surface area (Å²) in [7, 11) is -2.12. The Bertz CT molecular complexity index is 900. The number of nitriles is 1. The van der Waals surface area contributed by atoms with E-state index in [-0.39, 0.29) is 23.9 Å². The maximum atomic E-state index is 12.4. The Hall–Kier alpha value is -2.69. The summed E-state index contributed by atoms with van der Waals surface area (Å²) in [6.07, 6.45) is 0. The summed E-state index contributed by atoms with van der Waals surface area (Å²) in [4.78, 5) is 12.3. The zero-order chi connectivity index (χ0) is 18.4. The number of likely N-dealkylation sites (N-methyl/N-ethyl adjacent to an activating group) is 1. The fourth-order valence-corrected chi connectivity index (χ4v) is 3.34. The average molecular weight is 357 g/mol. The van der Waals surface area contributed by atoms with E-state index in [1.165, 1.54) is 17.4 Å². The first kappa shape index (κ1) is 18.6. The topological polar surface area (TPSA) is 90.3 Å². The number of hydrogen-bond donors (Lipinski definition) is 1. The van der Waals surface area contributed by atoms with E-state index in [2.05, 4.69) is 5.32 Å². The van der Waals surface area contributed by atoms with Crippen LogP contribution in [0.4, 0.5) is 0 Å². The average Bonchev–Trinajstić information content (AvgIpc) is 2.61. The van der Waals surface area contributed by atoms with E-state index in [0.29, 0.717) is 11.1 Å². The van der Waals surface area contributed by atoms with Crippen molar-refractivity contribution in [1.29, 1.82) is 5.26 Å². The first-order chi connectivity index (χ1) is 11.8. The number of amides is 1. The molecule has 0 aliphatic rings. The lowest BCUT2D eigenvalue weighted by Gasteiger charge is -2.17.